The van der Waals surface area contributed by atoms with E-state index in [0.29, 0.717) is 42.3 Å². The van der Waals surface area contributed by atoms with Gasteiger partial charge in [-0.05, 0) is 36.8 Å². The molecule has 0 aliphatic carbocycles. The standard InChI is InChI=1S/C22H23N3O4/c1-28-19-14-16(6-7-17(19)21(23)26)25-11-12-29-20-13-15(5-8-18(20)25)22(27)24-9-3-2-4-10-24/h2-3,5-8,13-14H,4,9-12H2,1H3,(H2,23,26). The molecule has 2 heterocycles. The number of ether oxygens (including phenoxy) is 2. The minimum atomic E-state index is -0.536. The van der Waals surface area contributed by atoms with Crippen LogP contribution in [0.3, 0.4) is 0 Å². The summed E-state index contributed by atoms with van der Waals surface area (Å²) >= 11 is 0. The highest BCUT2D eigenvalue weighted by Gasteiger charge is 2.24. The van der Waals surface area contributed by atoms with Crippen molar-refractivity contribution in [2.75, 3.05) is 38.3 Å². The van der Waals surface area contributed by atoms with E-state index in [9.17, 15) is 9.59 Å². The second kappa shape index (κ2) is 7.87. The molecule has 150 valence electrons. The molecular weight excluding hydrogens is 370 g/mol. The lowest BCUT2D eigenvalue weighted by atomic mass is 10.1. The third-order valence-electron chi connectivity index (χ3n) is 5.18. The van der Waals surface area contributed by atoms with Gasteiger partial charge in [-0.3, -0.25) is 9.59 Å². The molecule has 2 aromatic carbocycles. The van der Waals surface area contributed by atoms with Crippen molar-refractivity contribution in [1.29, 1.82) is 0 Å². The lowest BCUT2D eigenvalue weighted by molar-refractivity contribution is 0.0770. The molecule has 0 radical (unpaired) electrons. The fourth-order valence-corrected chi connectivity index (χ4v) is 3.68. The van der Waals surface area contributed by atoms with E-state index in [1.165, 1.54) is 7.11 Å². The first kappa shape index (κ1) is 18.9. The number of methoxy groups -OCH3 is 1. The predicted octanol–water partition coefficient (Wildman–Crippen LogP) is 2.73. The smallest absolute Gasteiger partial charge is 0.254 e. The van der Waals surface area contributed by atoms with E-state index in [-0.39, 0.29) is 5.91 Å². The molecule has 7 nitrogen and oxygen atoms in total. The van der Waals surface area contributed by atoms with Gasteiger partial charge in [-0.2, -0.15) is 0 Å². The summed E-state index contributed by atoms with van der Waals surface area (Å²) < 4.78 is 11.2. The number of nitrogens with zero attached hydrogens (tertiary/aromatic N) is 2. The first-order chi connectivity index (χ1) is 14.1. The number of rotatable bonds is 4. The van der Waals surface area contributed by atoms with Gasteiger partial charge in [0.25, 0.3) is 11.8 Å². The average molecular weight is 393 g/mol. The van der Waals surface area contributed by atoms with Crippen molar-refractivity contribution in [1.82, 2.24) is 4.90 Å². The Bertz CT molecular complexity index is 986. The van der Waals surface area contributed by atoms with E-state index in [0.717, 1.165) is 24.3 Å². The predicted molar refractivity (Wildman–Crippen MR) is 110 cm³/mol. The number of carbonyl (C=O) groups is 2. The first-order valence-electron chi connectivity index (χ1n) is 9.55. The normalized spacial score (nSPS) is 15.5. The molecule has 2 aromatic rings. The van der Waals surface area contributed by atoms with Gasteiger partial charge in [0, 0.05) is 30.4 Å². The Balaban J connectivity index is 1.64. The van der Waals surface area contributed by atoms with E-state index in [4.69, 9.17) is 15.2 Å². The van der Waals surface area contributed by atoms with E-state index in [2.05, 4.69) is 11.0 Å². The maximum absolute atomic E-state index is 12.8. The Morgan fingerprint density at radius 2 is 1.97 bits per heavy atom. The monoisotopic (exact) mass is 393 g/mol. The minimum Gasteiger partial charge on any atom is -0.496 e. The van der Waals surface area contributed by atoms with Crippen LogP contribution in [0.1, 0.15) is 27.1 Å². The molecule has 0 bridgehead atoms. The van der Waals surface area contributed by atoms with Crippen LogP contribution < -0.4 is 20.1 Å². The average Bonchev–Trinajstić information content (AvgIpc) is 2.77. The topological polar surface area (TPSA) is 85.1 Å². The summed E-state index contributed by atoms with van der Waals surface area (Å²) in [7, 11) is 1.51. The molecule has 0 saturated carbocycles. The maximum Gasteiger partial charge on any atom is 0.254 e. The molecule has 0 atom stereocenters. The summed E-state index contributed by atoms with van der Waals surface area (Å²) in [6.07, 6.45) is 4.99. The van der Waals surface area contributed by atoms with Crippen molar-refractivity contribution in [2.45, 2.75) is 6.42 Å². The molecule has 0 fully saturated rings. The summed E-state index contributed by atoms with van der Waals surface area (Å²) in [6, 6.07) is 10.8. The number of amides is 2. The van der Waals surface area contributed by atoms with Gasteiger partial charge in [0.1, 0.15) is 18.1 Å². The number of hydrogen-bond acceptors (Lipinski definition) is 5. The summed E-state index contributed by atoms with van der Waals surface area (Å²) in [6.45, 7) is 2.48. The molecule has 0 spiro atoms. The highest BCUT2D eigenvalue weighted by atomic mass is 16.5. The van der Waals surface area contributed by atoms with Crippen molar-refractivity contribution in [3.05, 3.63) is 59.7 Å². The van der Waals surface area contributed by atoms with E-state index < -0.39 is 5.91 Å². The van der Waals surface area contributed by atoms with Crippen molar-refractivity contribution in [2.24, 2.45) is 5.73 Å². The number of primary amides is 1. The van der Waals surface area contributed by atoms with Gasteiger partial charge >= 0.3 is 0 Å². The Morgan fingerprint density at radius 3 is 2.69 bits per heavy atom. The Hall–Kier alpha value is -3.48. The van der Waals surface area contributed by atoms with E-state index >= 15 is 0 Å². The van der Waals surface area contributed by atoms with Crippen LogP contribution in [0.15, 0.2) is 48.6 Å². The summed E-state index contributed by atoms with van der Waals surface area (Å²) in [4.78, 5) is 28.3. The van der Waals surface area contributed by atoms with Crippen LogP contribution in [-0.2, 0) is 0 Å². The van der Waals surface area contributed by atoms with Gasteiger partial charge in [0.05, 0.1) is 24.9 Å². The van der Waals surface area contributed by atoms with Crippen molar-refractivity contribution in [3.8, 4) is 11.5 Å². The number of anilines is 2. The van der Waals surface area contributed by atoms with E-state index in [1.54, 1.807) is 18.2 Å². The Labute approximate surface area is 169 Å². The molecule has 2 aliphatic rings. The second-order valence-corrected chi connectivity index (χ2v) is 6.94. The lowest BCUT2D eigenvalue weighted by Crippen LogP contribution is -2.34. The van der Waals surface area contributed by atoms with Crippen molar-refractivity contribution >= 4 is 23.2 Å². The SMILES string of the molecule is COc1cc(N2CCOc3cc(C(=O)N4CC=CCC4)ccc32)ccc1C(N)=O. The van der Waals surface area contributed by atoms with Crippen LogP contribution in [0.25, 0.3) is 0 Å². The fourth-order valence-electron chi connectivity index (χ4n) is 3.68. The minimum absolute atomic E-state index is 0.00496. The van der Waals surface area contributed by atoms with Crippen LogP contribution in [0.2, 0.25) is 0 Å². The summed E-state index contributed by atoms with van der Waals surface area (Å²) in [5.41, 5.74) is 8.08. The molecule has 4 rings (SSSR count). The molecule has 29 heavy (non-hydrogen) atoms. The van der Waals surface area contributed by atoms with Gasteiger partial charge in [0.2, 0.25) is 0 Å². The first-order valence-corrected chi connectivity index (χ1v) is 9.55. The largest absolute Gasteiger partial charge is 0.496 e. The van der Waals surface area contributed by atoms with Crippen molar-refractivity contribution < 1.29 is 19.1 Å². The number of hydrogen-bond donors (Lipinski definition) is 1. The zero-order chi connectivity index (χ0) is 20.4. The van der Waals surface area contributed by atoms with Crippen LogP contribution in [0.4, 0.5) is 11.4 Å². The molecule has 7 heteroatoms. The van der Waals surface area contributed by atoms with Gasteiger partial charge in [0.15, 0.2) is 0 Å². The molecule has 0 unspecified atom stereocenters. The molecule has 0 aromatic heterocycles. The van der Waals surface area contributed by atoms with Crippen molar-refractivity contribution in [3.63, 3.8) is 0 Å². The second-order valence-electron chi connectivity index (χ2n) is 6.94. The third-order valence-corrected chi connectivity index (χ3v) is 5.18. The number of nitrogens with two attached hydrogens (primary N) is 1. The quantitative estimate of drug-likeness (QED) is 0.808. The molecule has 0 saturated heterocycles. The molecule has 2 aliphatic heterocycles. The molecular formula is C22H23N3O4. The third kappa shape index (κ3) is 3.63. The highest BCUT2D eigenvalue weighted by molar-refractivity contribution is 5.97. The highest BCUT2D eigenvalue weighted by Crippen LogP contribution is 2.39. The van der Waals surface area contributed by atoms with Gasteiger partial charge in [-0.1, -0.05) is 12.2 Å². The summed E-state index contributed by atoms with van der Waals surface area (Å²) in [5.74, 6) is 0.553. The van der Waals surface area contributed by atoms with Gasteiger partial charge in [-0.25, -0.2) is 0 Å². The van der Waals surface area contributed by atoms with Gasteiger partial charge < -0.3 is 25.0 Å². The number of carbonyl (C=O) groups excluding carboxylic acids is 2. The molecule has 2 amide bonds. The van der Waals surface area contributed by atoms with Crippen LogP contribution in [0, 0.1) is 0 Å². The maximum atomic E-state index is 12.8. The van der Waals surface area contributed by atoms with Crippen LogP contribution in [0.5, 0.6) is 11.5 Å². The number of benzene rings is 2. The Morgan fingerprint density at radius 1 is 1.10 bits per heavy atom. The zero-order valence-electron chi connectivity index (χ0n) is 16.3. The molecule has 2 N–H and O–H groups in total. The fraction of sp³-hybridized carbons (Fsp3) is 0.273. The van der Waals surface area contributed by atoms with Gasteiger partial charge in [-0.15, -0.1) is 0 Å². The number of fused-ring (bicyclic) bond motifs is 1. The van der Waals surface area contributed by atoms with Crippen LogP contribution >= 0.6 is 0 Å². The Kier molecular flexibility index (Phi) is 5.12. The lowest BCUT2D eigenvalue weighted by Gasteiger charge is -2.32. The van der Waals surface area contributed by atoms with E-state index in [1.807, 2.05) is 29.2 Å². The zero-order valence-corrected chi connectivity index (χ0v) is 16.3. The summed E-state index contributed by atoms with van der Waals surface area (Å²) in [5, 5.41) is 0. The van der Waals surface area contributed by atoms with Crippen LogP contribution in [-0.4, -0.2) is 50.1 Å².